The minimum atomic E-state index is -0.0856. The van der Waals surface area contributed by atoms with Crippen LogP contribution in [0.1, 0.15) is 15.9 Å². The second-order valence-corrected chi connectivity index (χ2v) is 6.61. The van der Waals surface area contributed by atoms with Crippen molar-refractivity contribution in [3.63, 3.8) is 0 Å². The lowest BCUT2D eigenvalue weighted by Gasteiger charge is -2.23. The lowest BCUT2D eigenvalue weighted by atomic mass is 10.1. The van der Waals surface area contributed by atoms with Crippen LogP contribution in [-0.2, 0) is 11.3 Å². The Hall–Kier alpha value is -1.69. The van der Waals surface area contributed by atoms with Gasteiger partial charge in [0.05, 0.1) is 13.2 Å². The first-order chi connectivity index (χ1) is 11.2. The number of rotatable bonds is 4. The molecule has 1 heterocycles. The van der Waals surface area contributed by atoms with Crippen molar-refractivity contribution >= 4 is 27.5 Å². The van der Waals surface area contributed by atoms with Gasteiger partial charge in [-0.2, -0.15) is 0 Å². The second kappa shape index (κ2) is 7.73. The van der Waals surface area contributed by atoms with Crippen molar-refractivity contribution in [1.82, 2.24) is 0 Å². The fourth-order valence-electron chi connectivity index (χ4n) is 2.64. The average molecular weight is 376 g/mol. The molecule has 23 heavy (non-hydrogen) atoms. The molecule has 2 aromatic carbocycles. The summed E-state index contributed by atoms with van der Waals surface area (Å²) in [5, 5.41) is 2.90. The molecule has 0 aromatic heterocycles. The Morgan fingerprint density at radius 3 is 2.35 bits per heavy atom. The third-order valence-corrected chi connectivity index (χ3v) is 4.50. The largest absolute Gasteiger partial charge is 0.370 e. The van der Waals surface area contributed by atoms with Crippen molar-refractivity contribution in [2.75, 3.05) is 31.6 Å². The SMILES string of the molecule is O=C(Nc1ccc(Br)cc1)c1ccc(C[NH+]2CCOCC2)cc1. The first-order valence-corrected chi connectivity index (χ1v) is 8.57. The van der Waals surface area contributed by atoms with Crippen molar-refractivity contribution in [3.8, 4) is 0 Å². The molecule has 1 amide bonds. The molecule has 0 bridgehead atoms. The van der Waals surface area contributed by atoms with Crippen molar-refractivity contribution < 1.29 is 14.4 Å². The van der Waals surface area contributed by atoms with E-state index in [1.807, 2.05) is 48.5 Å². The van der Waals surface area contributed by atoms with E-state index in [9.17, 15) is 4.79 Å². The fourth-order valence-corrected chi connectivity index (χ4v) is 2.90. The Balaban J connectivity index is 1.59. The minimum Gasteiger partial charge on any atom is -0.370 e. The number of morpholine rings is 1. The zero-order valence-electron chi connectivity index (χ0n) is 12.8. The molecule has 2 aromatic rings. The van der Waals surface area contributed by atoms with Gasteiger partial charge < -0.3 is 15.0 Å². The molecule has 4 nitrogen and oxygen atoms in total. The van der Waals surface area contributed by atoms with E-state index in [0.29, 0.717) is 5.56 Å². The smallest absolute Gasteiger partial charge is 0.255 e. The van der Waals surface area contributed by atoms with Crippen molar-refractivity contribution in [2.45, 2.75) is 6.54 Å². The molecule has 0 atom stereocenters. The molecule has 1 aliphatic rings. The van der Waals surface area contributed by atoms with E-state index >= 15 is 0 Å². The van der Waals surface area contributed by atoms with Gasteiger partial charge in [0, 0.05) is 21.3 Å². The number of carbonyl (C=O) groups is 1. The first-order valence-electron chi connectivity index (χ1n) is 7.78. The van der Waals surface area contributed by atoms with E-state index in [1.165, 1.54) is 10.5 Å². The summed E-state index contributed by atoms with van der Waals surface area (Å²) in [6.07, 6.45) is 0. The van der Waals surface area contributed by atoms with Gasteiger partial charge in [-0.05, 0) is 36.4 Å². The standard InChI is InChI=1S/C18H19BrN2O2/c19-16-5-7-17(8-6-16)20-18(22)15-3-1-14(2-4-15)13-21-9-11-23-12-10-21/h1-8H,9-13H2,(H,20,22)/p+1. The second-order valence-electron chi connectivity index (χ2n) is 5.70. The summed E-state index contributed by atoms with van der Waals surface area (Å²) in [5.41, 5.74) is 2.72. The molecule has 2 N–H and O–H groups in total. The summed E-state index contributed by atoms with van der Waals surface area (Å²) in [6, 6.07) is 15.4. The van der Waals surface area contributed by atoms with Gasteiger partial charge in [-0.15, -0.1) is 0 Å². The monoisotopic (exact) mass is 375 g/mol. The molecule has 0 spiro atoms. The highest BCUT2D eigenvalue weighted by Crippen LogP contribution is 2.15. The topological polar surface area (TPSA) is 42.8 Å². The molecule has 1 saturated heterocycles. The molecule has 0 radical (unpaired) electrons. The van der Waals surface area contributed by atoms with Crippen molar-refractivity contribution in [2.24, 2.45) is 0 Å². The number of benzene rings is 2. The molecule has 0 aliphatic carbocycles. The number of halogens is 1. The van der Waals surface area contributed by atoms with Crippen LogP contribution < -0.4 is 10.2 Å². The minimum absolute atomic E-state index is 0.0856. The van der Waals surface area contributed by atoms with E-state index in [4.69, 9.17) is 4.74 Å². The Morgan fingerprint density at radius 1 is 1.04 bits per heavy atom. The van der Waals surface area contributed by atoms with E-state index < -0.39 is 0 Å². The number of ether oxygens (including phenoxy) is 1. The van der Waals surface area contributed by atoms with E-state index in [0.717, 1.165) is 43.0 Å². The van der Waals surface area contributed by atoms with Gasteiger partial charge in [-0.25, -0.2) is 0 Å². The van der Waals surface area contributed by atoms with E-state index in [2.05, 4.69) is 21.2 Å². The van der Waals surface area contributed by atoms with E-state index in [1.54, 1.807) is 0 Å². The molecule has 0 saturated carbocycles. The van der Waals surface area contributed by atoms with Gasteiger partial charge in [0.2, 0.25) is 0 Å². The number of hydrogen-bond donors (Lipinski definition) is 2. The fraction of sp³-hybridized carbons (Fsp3) is 0.278. The van der Waals surface area contributed by atoms with Crippen LogP contribution in [0.3, 0.4) is 0 Å². The molecular weight excluding hydrogens is 356 g/mol. The molecule has 120 valence electrons. The highest BCUT2D eigenvalue weighted by molar-refractivity contribution is 9.10. The van der Waals surface area contributed by atoms with Crippen LogP contribution in [0, 0.1) is 0 Å². The predicted molar refractivity (Wildman–Crippen MR) is 93.8 cm³/mol. The third kappa shape index (κ3) is 4.64. The highest BCUT2D eigenvalue weighted by atomic mass is 79.9. The maximum absolute atomic E-state index is 12.3. The van der Waals surface area contributed by atoms with Gasteiger partial charge >= 0.3 is 0 Å². The zero-order chi connectivity index (χ0) is 16.1. The molecular formula is C18H20BrN2O2+. The van der Waals surface area contributed by atoms with Crippen molar-refractivity contribution in [3.05, 3.63) is 64.1 Å². The normalized spacial score (nSPS) is 15.3. The highest BCUT2D eigenvalue weighted by Gasteiger charge is 2.14. The predicted octanol–water partition coefficient (Wildman–Crippen LogP) is 2.12. The van der Waals surface area contributed by atoms with Gasteiger partial charge in [-0.3, -0.25) is 4.79 Å². The molecule has 1 aliphatic heterocycles. The van der Waals surface area contributed by atoms with Gasteiger partial charge in [0.25, 0.3) is 5.91 Å². The average Bonchev–Trinajstić information content (AvgIpc) is 2.58. The first kappa shape index (κ1) is 16.2. The zero-order valence-corrected chi connectivity index (χ0v) is 14.4. The summed E-state index contributed by atoms with van der Waals surface area (Å²) in [4.78, 5) is 13.8. The van der Waals surface area contributed by atoms with Crippen LogP contribution in [0.5, 0.6) is 0 Å². The lowest BCUT2D eigenvalue weighted by molar-refractivity contribution is -0.921. The van der Waals surface area contributed by atoms with Gasteiger partial charge in [0.15, 0.2) is 0 Å². The quantitative estimate of drug-likeness (QED) is 0.859. The summed E-state index contributed by atoms with van der Waals surface area (Å²) >= 11 is 3.38. The van der Waals surface area contributed by atoms with Gasteiger partial charge in [-0.1, -0.05) is 28.1 Å². The van der Waals surface area contributed by atoms with Crippen LogP contribution in [0.25, 0.3) is 0 Å². The molecule has 1 fully saturated rings. The van der Waals surface area contributed by atoms with E-state index in [-0.39, 0.29) is 5.91 Å². The van der Waals surface area contributed by atoms with Crippen LogP contribution in [0.2, 0.25) is 0 Å². The van der Waals surface area contributed by atoms with Crippen LogP contribution in [0.4, 0.5) is 5.69 Å². The lowest BCUT2D eigenvalue weighted by Crippen LogP contribution is -3.12. The number of carbonyl (C=O) groups excluding carboxylic acids is 1. The van der Waals surface area contributed by atoms with Crippen LogP contribution in [-0.4, -0.2) is 32.2 Å². The van der Waals surface area contributed by atoms with Crippen LogP contribution in [0.15, 0.2) is 53.0 Å². The maximum Gasteiger partial charge on any atom is 0.255 e. The Kier molecular flexibility index (Phi) is 5.43. The number of hydrogen-bond acceptors (Lipinski definition) is 2. The number of nitrogens with one attached hydrogen (secondary N) is 2. The third-order valence-electron chi connectivity index (χ3n) is 3.97. The number of amides is 1. The Morgan fingerprint density at radius 2 is 1.70 bits per heavy atom. The van der Waals surface area contributed by atoms with Gasteiger partial charge in [0.1, 0.15) is 19.6 Å². The van der Waals surface area contributed by atoms with Crippen molar-refractivity contribution in [1.29, 1.82) is 0 Å². The Bertz CT molecular complexity index is 650. The summed E-state index contributed by atoms with van der Waals surface area (Å²) in [6.45, 7) is 4.75. The molecule has 5 heteroatoms. The maximum atomic E-state index is 12.3. The van der Waals surface area contributed by atoms with Crippen LogP contribution >= 0.6 is 15.9 Å². The molecule has 3 rings (SSSR count). The number of quaternary nitrogens is 1. The summed E-state index contributed by atoms with van der Waals surface area (Å²) in [5.74, 6) is -0.0856. The molecule has 0 unspecified atom stereocenters. The summed E-state index contributed by atoms with van der Waals surface area (Å²) in [7, 11) is 0. The summed E-state index contributed by atoms with van der Waals surface area (Å²) < 4.78 is 6.37. The Labute approximate surface area is 144 Å². The number of anilines is 1.